The molecule has 0 radical (unpaired) electrons. The second-order valence-electron chi connectivity index (χ2n) is 4.09. The monoisotopic (exact) mass is 263 g/mol. The number of nitrogens with two attached hydrogens (primary N) is 1. The van der Waals surface area contributed by atoms with Gasteiger partial charge >= 0.3 is 0 Å². The predicted molar refractivity (Wildman–Crippen MR) is 72.5 cm³/mol. The lowest BCUT2D eigenvalue weighted by Gasteiger charge is -2.13. The van der Waals surface area contributed by atoms with E-state index in [1.54, 1.807) is 12.3 Å². The summed E-state index contributed by atoms with van der Waals surface area (Å²) in [6, 6.07) is 8.89. The molecule has 2 aromatic rings. The fraction of sp³-hybridized carbons (Fsp3) is 0.154. The summed E-state index contributed by atoms with van der Waals surface area (Å²) in [5.41, 5.74) is 7.76. The van der Waals surface area contributed by atoms with Gasteiger partial charge in [0.2, 0.25) is 0 Å². The number of hydrogen-bond donors (Lipinski definition) is 3. The number of aromatic nitrogens is 1. The van der Waals surface area contributed by atoms with Gasteiger partial charge in [-0.2, -0.15) is 0 Å². The minimum atomic E-state index is -0.189. The van der Waals surface area contributed by atoms with Crippen molar-refractivity contribution in [3.8, 4) is 0 Å². The summed E-state index contributed by atoms with van der Waals surface area (Å²) >= 11 is 5.75. The van der Waals surface area contributed by atoms with Gasteiger partial charge in [-0.25, -0.2) is 0 Å². The van der Waals surface area contributed by atoms with Gasteiger partial charge in [0.1, 0.15) is 5.69 Å². The average molecular weight is 264 g/mol. The second kappa shape index (κ2) is 5.14. The highest BCUT2D eigenvalue weighted by Gasteiger charge is 2.12. The zero-order valence-corrected chi connectivity index (χ0v) is 10.7. The number of rotatable bonds is 3. The van der Waals surface area contributed by atoms with E-state index in [0.29, 0.717) is 16.4 Å². The zero-order chi connectivity index (χ0) is 13.1. The molecule has 0 saturated carbocycles. The molecule has 94 valence electrons. The Kier molecular flexibility index (Phi) is 3.58. The highest BCUT2D eigenvalue weighted by atomic mass is 35.5. The Morgan fingerprint density at radius 2 is 2.06 bits per heavy atom. The van der Waals surface area contributed by atoms with E-state index in [4.69, 9.17) is 17.3 Å². The van der Waals surface area contributed by atoms with Crippen LogP contribution in [0.25, 0.3) is 0 Å². The molecule has 0 saturated heterocycles. The Bertz CT molecular complexity index is 548. The molecule has 1 aromatic heterocycles. The molecule has 0 aliphatic heterocycles. The first-order chi connectivity index (χ1) is 8.56. The van der Waals surface area contributed by atoms with Gasteiger partial charge in [0.25, 0.3) is 5.91 Å². The number of hydrogen-bond acceptors (Lipinski definition) is 2. The van der Waals surface area contributed by atoms with Crippen LogP contribution in [0.4, 0.5) is 5.69 Å². The number of nitrogen functional groups attached to an aromatic ring is 1. The van der Waals surface area contributed by atoms with Crippen molar-refractivity contribution < 1.29 is 4.79 Å². The number of amides is 1. The Labute approximate surface area is 110 Å². The molecule has 0 aliphatic rings. The Morgan fingerprint density at radius 3 is 2.61 bits per heavy atom. The van der Waals surface area contributed by atoms with Crippen LogP contribution in [0.5, 0.6) is 0 Å². The third-order valence-corrected chi connectivity index (χ3v) is 2.89. The highest BCUT2D eigenvalue weighted by molar-refractivity contribution is 6.30. The summed E-state index contributed by atoms with van der Waals surface area (Å²) in [5, 5.41) is 3.39. The van der Waals surface area contributed by atoms with E-state index in [-0.39, 0.29) is 11.9 Å². The van der Waals surface area contributed by atoms with Crippen LogP contribution in [-0.4, -0.2) is 10.9 Å². The van der Waals surface area contributed by atoms with E-state index in [9.17, 15) is 4.79 Å². The van der Waals surface area contributed by atoms with Crippen LogP contribution in [-0.2, 0) is 0 Å². The maximum atomic E-state index is 11.9. The van der Waals surface area contributed by atoms with Gasteiger partial charge in [0, 0.05) is 11.9 Å². The Balaban J connectivity index is 2.05. The summed E-state index contributed by atoms with van der Waals surface area (Å²) in [6.07, 6.45) is 1.57. The Morgan fingerprint density at radius 1 is 1.39 bits per heavy atom. The van der Waals surface area contributed by atoms with Crippen molar-refractivity contribution in [2.24, 2.45) is 0 Å². The number of benzene rings is 1. The standard InChI is InChI=1S/C13H14ClN3O/c1-8(9-2-4-11(15)5-3-9)17-13(18)12-6-10(14)7-16-12/h2-8,16H,15H2,1H3,(H,17,18). The fourth-order valence-corrected chi connectivity index (χ4v) is 1.81. The van der Waals surface area contributed by atoms with E-state index in [2.05, 4.69) is 10.3 Å². The molecule has 1 heterocycles. The number of carbonyl (C=O) groups excluding carboxylic acids is 1. The average Bonchev–Trinajstić information content (AvgIpc) is 2.76. The molecule has 18 heavy (non-hydrogen) atoms. The maximum absolute atomic E-state index is 11.9. The van der Waals surface area contributed by atoms with E-state index in [1.807, 2.05) is 31.2 Å². The normalized spacial score (nSPS) is 12.1. The molecule has 5 heteroatoms. The number of anilines is 1. The number of nitrogens with one attached hydrogen (secondary N) is 2. The minimum absolute atomic E-state index is 0.0971. The van der Waals surface area contributed by atoms with E-state index in [1.165, 1.54) is 0 Å². The first-order valence-electron chi connectivity index (χ1n) is 5.56. The van der Waals surface area contributed by atoms with Crippen LogP contribution in [0.15, 0.2) is 36.5 Å². The molecular formula is C13H14ClN3O. The number of aromatic amines is 1. The van der Waals surface area contributed by atoms with Crippen molar-refractivity contribution in [2.45, 2.75) is 13.0 Å². The summed E-state index contributed by atoms with van der Waals surface area (Å²) in [4.78, 5) is 14.7. The number of H-pyrrole nitrogens is 1. The van der Waals surface area contributed by atoms with Crippen LogP contribution in [0, 0.1) is 0 Å². The predicted octanol–water partition coefficient (Wildman–Crippen LogP) is 2.74. The fourth-order valence-electron chi connectivity index (χ4n) is 1.64. The zero-order valence-electron chi connectivity index (χ0n) is 9.91. The summed E-state index contributed by atoms with van der Waals surface area (Å²) in [5.74, 6) is -0.189. The van der Waals surface area contributed by atoms with Gasteiger partial charge in [-0.15, -0.1) is 0 Å². The lowest BCUT2D eigenvalue weighted by Crippen LogP contribution is -2.26. The van der Waals surface area contributed by atoms with Crippen molar-refractivity contribution in [3.63, 3.8) is 0 Å². The summed E-state index contributed by atoms with van der Waals surface area (Å²) in [7, 11) is 0. The van der Waals surface area contributed by atoms with Crippen molar-refractivity contribution in [1.29, 1.82) is 0 Å². The smallest absolute Gasteiger partial charge is 0.268 e. The molecule has 1 atom stereocenters. The largest absolute Gasteiger partial charge is 0.399 e. The second-order valence-corrected chi connectivity index (χ2v) is 4.53. The van der Waals surface area contributed by atoms with Crippen molar-refractivity contribution in [3.05, 3.63) is 52.8 Å². The molecular weight excluding hydrogens is 250 g/mol. The van der Waals surface area contributed by atoms with Crippen molar-refractivity contribution in [2.75, 3.05) is 5.73 Å². The van der Waals surface area contributed by atoms with Gasteiger partial charge < -0.3 is 16.0 Å². The van der Waals surface area contributed by atoms with Gasteiger partial charge in [0.05, 0.1) is 11.1 Å². The summed E-state index contributed by atoms with van der Waals surface area (Å²) in [6.45, 7) is 1.91. The molecule has 0 bridgehead atoms. The summed E-state index contributed by atoms with van der Waals surface area (Å²) < 4.78 is 0. The van der Waals surface area contributed by atoms with Crippen molar-refractivity contribution in [1.82, 2.24) is 10.3 Å². The van der Waals surface area contributed by atoms with E-state index >= 15 is 0 Å². The SMILES string of the molecule is CC(NC(=O)c1cc(Cl)c[nH]1)c1ccc(N)cc1. The molecule has 1 unspecified atom stereocenters. The first kappa shape index (κ1) is 12.5. The van der Waals surface area contributed by atoms with Crippen LogP contribution < -0.4 is 11.1 Å². The van der Waals surface area contributed by atoms with Crippen LogP contribution in [0.3, 0.4) is 0 Å². The number of carbonyl (C=O) groups is 1. The number of halogens is 1. The van der Waals surface area contributed by atoms with E-state index < -0.39 is 0 Å². The lowest BCUT2D eigenvalue weighted by atomic mass is 10.1. The molecule has 2 rings (SSSR count). The molecule has 0 aliphatic carbocycles. The molecule has 1 aromatic carbocycles. The first-order valence-corrected chi connectivity index (χ1v) is 5.94. The Hall–Kier alpha value is -1.94. The van der Waals surface area contributed by atoms with Crippen LogP contribution in [0.1, 0.15) is 29.0 Å². The van der Waals surface area contributed by atoms with Gasteiger partial charge in [0.15, 0.2) is 0 Å². The molecule has 1 amide bonds. The minimum Gasteiger partial charge on any atom is -0.399 e. The molecule has 0 fully saturated rings. The van der Waals surface area contributed by atoms with Crippen LogP contribution in [0.2, 0.25) is 5.02 Å². The lowest BCUT2D eigenvalue weighted by molar-refractivity contribution is 0.0935. The quantitative estimate of drug-likeness (QED) is 0.745. The van der Waals surface area contributed by atoms with Crippen molar-refractivity contribution >= 4 is 23.2 Å². The third-order valence-electron chi connectivity index (χ3n) is 2.68. The topological polar surface area (TPSA) is 70.9 Å². The van der Waals surface area contributed by atoms with Gasteiger partial charge in [-0.05, 0) is 30.7 Å². The molecule has 4 nitrogen and oxygen atoms in total. The third kappa shape index (κ3) is 2.84. The highest BCUT2D eigenvalue weighted by Crippen LogP contribution is 2.15. The molecule has 4 N–H and O–H groups in total. The van der Waals surface area contributed by atoms with Crippen LogP contribution >= 0.6 is 11.6 Å². The molecule has 0 spiro atoms. The maximum Gasteiger partial charge on any atom is 0.268 e. The van der Waals surface area contributed by atoms with Gasteiger partial charge in [-0.1, -0.05) is 23.7 Å². The van der Waals surface area contributed by atoms with Gasteiger partial charge in [-0.3, -0.25) is 4.79 Å². The van der Waals surface area contributed by atoms with E-state index in [0.717, 1.165) is 5.56 Å².